The van der Waals surface area contributed by atoms with Gasteiger partial charge in [-0.15, -0.1) is 0 Å². The number of nitrogens with two attached hydrogens (primary N) is 4. The molecule has 0 spiro atoms. The molecule has 76 valence electrons. The smallest absolute Gasteiger partial charge is 0.870 e. The molecule has 0 fully saturated rings. The van der Waals surface area contributed by atoms with Gasteiger partial charge in [0.25, 0.3) is 0 Å². The van der Waals surface area contributed by atoms with Crippen molar-refractivity contribution in [2.75, 3.05) is 26.2 Å². The Morgan fingerprint density at radius 2 is 0.636 bits per heavy atom. The molecule has 0 unspecified atom stereocenters. The fourth-order valence-corrected chi connectivity index (χ4v) is 0. The van der Waals surface area contributed by atoms with Gasteiger partial charge >= 0.3 is 20.4 Å². The third-order valence-corrected chi connectivity index (χ3v) is 0.333. The van der Waals surface area contributed by atoms with E-state index in [2.05, 4.69) is 0 Å². The van der Waals surface area contributed by atoms with E-state index in [1.54, 1.807) is 0 Å². The average Bonchev–Trinajstić information content (AvgIpc) is 1.88. The van der Waals surface area contributed by atoms with Gasteiger partial charge in [0.2, 0.25) is 0 Å². The second-order valence-corrected chi connectivity index (χ2v) is 1.15. The van der Waals surface area contributed by atoms with E-state index in [1.807, 2.05) is 0 Å². The van der Waals surface area contributed by atoms with Crippen LogP contribution in [0.25, 0.3) is 0 Å². The van der Waals surface area contributed by atoms with Crippen LogP contribution in [0, 0.1) is 0 Å². The van der Waals surface area contributed by atoms with Gasteiger partial charge in [0.1, 0.15) is 0 Å². The Morgan fingerprint density at radius 3 is 0.636 bits per heavy atom. The SMILES string of the molecule is NCCN.NCCN.[OH-].[OH-].[Pd+2]. The van der Waals surface area contributed by atoms with Crippen LogP contribution in [0.4, 0.5) is 0 Å². The van der Waals surface area contributed by atoms with E-state index in [-0.39, 0.29) is 31.4 Å². The van der Waals surface area contributed by atoms with Crippen LogP contribution in [0.1, 0.15) is 0 Å². The Hall–Kier alpha value is 0.422. The first-order valence-electron chi connectivity index (χ1n) is 2.63. The largest absolute Gasteiger partial charge is 2.00 e. The molecule has 0 aliphatic carbocycles. The zero-order chi connectivity index (χ0) is 6.83. The van der Waals surface area contributed by atoms with Gasteiger partial charge in [0.05, 0.1) is 0 Å². The Bertz CT molecular complexity index is 28.1. The zero-order valence-electron chi connectivity index (χ0n) is 6.35. The third-order valence-electron chi connectivity index (χ3n) is 0.333. The van der Waals surface area contributed by atoms with Crippen molar-refractivity contribution in [2.24, 2.45) is 22.9 Å². The normalized spacial score (nSPS) is 5.45. The van der Waals surface area contributed by atoms with Crippen molar-refractivity contribution in [3.63, 3.8) is 0 Å². The quantitative estimate of drug-likeness (QED) is 0.399. The van der Waals surface area contributed by atoms with Gasteiger partial charge in [-0.3, -0.25) is 0 Å². The van der Waals surface area contributed by atoms with Crippen LogP contribution in [0.2, 0.25) is 0 Å². The van der Waals surface area contributed by atoms with Gasteiger partial charge in [-0.25, -0.2) is 0 Å². The molecule has 10 N–H and O–H groups in total. The van der Waals surface area contributed by atoms with Gasteiger partial charge in [0, 0.05) is 26.2 Å². The predicted octanol–water partition coefficient (Wildman–Crippen LogP) is -2.55. The predicted molar refractivity (Wildman–Crippen MR) is 40.1 cm³/mol. The van der Waals surface area contributed by atoms with Crippen molar-refractivity contribution in [1.82, 2.24) is 0 Å². The molecule has 0 aliphatic heterocycles. The van der Waals surface area contributed by atoms with E-state index >= 15 is 0 Å². The van der Waals surface area contributed by atoms with Crippen molar-refractivity contribution >= 4 is 0 Å². The van der Waals surface area contributed by atoms with Crippen LogP contribution in [0.15, 0.2) is 0 Å². The summed E-state index contributed by atoms with van der Waals surface area (Å²) in [6.07, 6.45) is 0. The van der Waals surface area contributed by atoms with Gasteiger partial charge in [-0.05, 0) is 0 Å². The molecule has 0 atom stereocenters. The molecule has 0 bridgehead atoms. The first-order chi connectivity index (χ1) is 3.83. The Balaban J connectivity index is -0.0000000171. The summed E-state index contributed by atoms with van der Waals surface area (Å²) in [5.74, 6) is 0. The fourth-order valence-electron chi connectivity index (χ4n) is 0. The number of rotatable bonds is 2. The van der Waals surface area contributed by atoms with Crippen LogP contribution in [-0.2, 0) is 20.4 Å². The van der Waals surface area contributed by atoms with Crippen molar-refractivity contribution in [3.05, 3.63) is 0 Å². The maximum absolute atomic E-state index is 4.90. The maximum Gasteiger partial charge on any atom is 2.00 e. The Labute approximate surface area is 80.9 Å². The minimum atomic E-state index is 0. The maximum atomic E-state index is 4.90. The molecule has 0 aliphatic rings. The van der Waals surface area contributed by atoms with Gasteiger partial charge in [-0.2, -0.15) is 0 Å². The molecule has 11 heavy (non-hydrogen) atoms. The first kappa shape index (κ1) is 30.1. The minimum Gasteiger partial charge on any atom is -0.870 e. The van der Waals surface area contributed by atoms with E-state index in [0.29, 0.717) is 26.2 Å². The fraction of sp³-hybridized carbons (Fsp3) is 1.00. The molecule has 0 aromatic carbocycles. The van der Waals surface area contributed by atoms with E-state index in [0.717, 1.165) is 0 Å². The summed E-state index contributed by atoms with van der Waals surface area (Å²) in [5.41, 5.74) is 19.6. The van der Waals surface area contributed by atoms with Crippen LogP contribution in [-0.4, -0.2) is 37.1 Å². The van der Waals surface area contributed by atoms with E-state index in [9.17, 15) is 0 Å². The summed E-state index contributed by atoms with van der Waals surface area (Å²) >= 11 is 0. The monoisotopic (exact) mass is 260 g/mol. The molecular weight excluding hydrogens is 242 g/mol. The zero-order valence-corrected chi connectivity index (χ0v) is 7.90. The molecule has 0 saturated heterocycles. The minimum absolute atomic E-state index is 0. The van der Waals surface area contributed by atoms with Crippen LogP contribution in [0.5, 0.6) is 0 Å². The molecule has 7 heteroatoms. The molecule has 0 radical (unpaired) electrons. The molecule has 0 amide bonds. The second-order valence-electron chi connectivity index (χ2n) is 1.15. The van der Waals surface area contributed by atoms with Gasteiger partial charge in [-0.1, -0.05) is 0 Å². The molecule has 0 heterocycles. The first-order valence-corrected chi connectivity index (χ1v) is 2.63. The second kappa shape index (κ2) is 47.3. The molecule has 0 rings (SSSR count). The van der Waals surface area contributed by atoms with Crippen molar-refractivity contribution < 1.29 is 31.4 Å². The van der Waals surface area contributed by atoms with Crippen LogP contribution < -0.4 is 22.9 Å². The topological polar surface area (TPSA) is 164 Å². The Kier molecular flexibility index (Phi) is 129. The molecule has 0 saturated carbocycles. The van der Waals surface area contributed by atoms with Crippen LogP contribution in [0.3, 0.4) is 0 Å². The van der Waals surface area contributed by atoms with Crippen molar-refractivity contribution in [3.8, 4) is 0 Å². The summed E-state index contributed by atoms with van der Waals surface area (Å²) in [6, 6.07) is 0. The summed E-state index contributed by atoms with van der Waals surface area (Å²) in [6.45, 7) is 2.39. The summed E-state index contributed by atoms with van der Waals surface area (Å²) in [5, 5.41) is 0. The molecule has 0 aromatic rings. The van der Waals surface area contributed by atoms with Gasteiger partial charge in [0.15, 0.2) is 0 Å². The van der Waals surface area contributed by atoms with Crippen LogP contribution >= 0.6 is 0 Å². The summed E-state index contributed by atoms with van der Waals surface area (Å²) in [4.78, 5) is 0. The number of hydrogen-bond donors (Lipinski definition) is 4. The molecular formula is C4H18N4O2Pd. The average molecular weight is 261 g/mol. The van der Waals surface area contributed by atoms with Gasteiger partial charge < -0.3 is 33.9 Å². The van der Waals surface area contributed by atoms with E-state index in [4.69, 9.17) is 22.9 Å². The number of hydrogen-bond acceptors (Lipinski definition) is 6. The van der Waals surface area contributed by atoms with Crippen molar-refractivity contribution in [1.29, 1.82) is 0 Å². The summed E-state index contributed by atoms with van der Waals surface area (Å²) in [7, 11) is 0. The van der Waals surface area contributed by atoms with E-state index in [1.165, 1.54) is 0 Å². The van der Waals surface area contributed by atoms with Crippen molar-refractivity contribution in [2.45, 2.75) is 0 Å². The molecule has 0 aromatic heterocycles. The Morgan fingerprint density at radius 1 is 0.545 bits per heavy atom. The van der Waals surface area contributed by atoms with E-state index < -0.39 is 0 Å². The third kappa shape index (κ3) is 126. The standard InChI is InChI=1S/2C2H8N2.2H2O.Pd/c2*3-1-2-4;;;/h2*1-4H2;2*1H2;/q;;;;+2/p-2. The summed E-state index contributed by atoms with van der Waals surface area (Å²) < 4.78 is 0. The molecule has 6 nitrogen and oxygen atoms in total.